The summed E-state index contributed by atoms with van der Waals surface area (Å²) in [6.45, 7) is 2.67. The van der Waals surface area contributed by atoms with E-state index in [0.29, 0.717) is 17.8 Å². The van der Waals surface area contributed by atoms with Crippen molar-refractivity contribution in [2.75, 3.05) is 11.9 Å². The van der Waals surface area contributed by atoms with E-state index in [1.54, 1.807) is 30.3 Å². The normalized spacial score (nSPS) is 10.0. The van der Waals surface area contributed by atoms with Crippen LogP contribution in [0.2, 0.25) is 0 Å². The number of hydrogen-bond acceptors (Lipinski definition) is 4. The van der Waals surface area contributed by atoms with Crippen LogP contribution in [0.1, 0.15) is 40.7 Å². The van der Waals surface area contributed by atoms with E-state index in [1.807, 2.05) is 0 Å². The predicted octanol–water partition coefficient (Wildman–Crippen LogP) is 2.94. The lowest BCUT2D eigenvalue weighted by Gasteiger charge is -2.13. The first-order valence-corrected chi connectivity index (χ1v) is 8.05. The highest BCUT2D eigenvalue weighted by Crippen LogP contribution is 2.15. The molecule has 0 aliphatic carbocycles. The smallest absolute Gasteiger partial charge is 0.293 e. The molecule has 0 spiro atoms. The molecule has 2 aromatic rings. The van der Waals surface area contributed by atoms with Crippen LogP contribution in [0.4, 0.5) is 5.69 Å². The lowest BCUT2D eigenvalue weighted by atomic mass is 10.1. The molecule has 0 unspecified atom stereocenters. The Kier molecular flexibility index (Phi) is 6.51. The number of unbranched alkanes of at least 4 members (excludes halogenated alkanes) is 1. The molecule has 0 atom stereocenters. The molecule has 0 radical (unpaired) electrons. The molecule has 1 aromatic carbocycles. The number of carbonyl (C=O) groups is 2. The Bertz CT molecular complexity index is 714. The van der Waals surface area contributed by atoms with E-state index < -0.39 is 5.91 Å². The third kappa shape index (κ3) is 4.92. The van der Waals surface area contributed by atoms with E-state index in [4.69, 9.17) is 16.6 Å². The van der Waals surface area contributed by atoms with Gasteiger partial charge in [0.2, 0.25) is 0 Å². The first-order valence-electron chi connectivity index (χ1n) is 7.65. The molecule has 126 valence electrons. The van der Waals surface area contributed by atoms with E-state index in [1.165, 1.54) is 12.3 Å². The molecule has 24 heavy (non-hydrogen) atoms. The van der Waals surface area contributed by atoms with Crippen LogP contribution in [0.3, 0.4) is 0 Å². The van der Waals surface area contributed by atoms with Gasteiger partial charge in [0, 0.05) is 6.54 Å². The average Bonchev–Trinajstić information content (AvgIpc) is 3.10. The highest BCUT2D eigenvalue weighted by atomic mass is 32.1. The largest absolute Gasteiger partial charge is 0.459 e. The van der Waals surface area contributed by atoms with Gasteiger partial charge in [-0.2, -0.15) is 0 Å². The zero-order chi connectivity index (χ0) is 17.4. The summed E-state index contributed by atoms with van der Waals surface area (Å²) in [5, 5.41) is 8.32. The van der Waals surface area contributed by atoms with Crippen LogP contribution in [0, 0.1) is 0 Å². The van der Waals surface area contributed by atoms with Crippen molar-refractivity contribution in [3.63, 3.8) is 0 Å². The van der Waals surface area contributed by atoms with Gasteiger partial charge in [0.15, 0.2) is 10.9 Å². The second-order valence-corrected chi connectivity index (χ2v) is 5.45. The minimum Gasteiger partial charge on any atom is -0.459 e. The maximum atomic E-state index is 12.2. The average molecular weight is 345 g/mol. The van der Waals surface area contributed by atoms with Crippen molar-refractivity contribution in [1.82, 2.24) is 10.6 Å². The molecule has 0 saturated heterocycles. The third-order valence-corrected chi connectivity index (χ3v) is 3.41. The minimum absolute atomic E-state index is 0.0882. The highest BCUT2D eigenvalue weighted by Gasteiger charge is 2.14. The van der Waals surface area contributed by atoms with Crippen molar-refractivity contribution in [3.05, 3.63) is 54.0 Å². The van der Waals surface area contributed by atoms with E-state index in [0.717, 1.165) is 12.8 Å². The molecule has 0 aliphatic heterocycles. The van der Waals surface area contributed by atoms with Gasteiger partial charge in [0.1, 0.15) is 0 Å². The first kappa shape index (κ1) is 17.7. The molecule has 0 saturated carbocycles. The maximum Gasteiger partial charge on any atom is 0.293 e. The number of para-hydroxylation sites is 1. The van der Waals surface area contributed by atoms with Gasteiger partial charge in [-0.15, -0.1) is 0 Å². The maximum absolute atomic E-state index is 12.2. The Hall–Kier alpha value is -2.67. The minimum atomic E-state index is -0.456. The summed E-state index contributed by atoms with van der Waals surface area (Å²) in [5.41, 5.74) is 0.986. The van der Waals surface area contributed by atoms with Gasteiger partial charge in [-0.05, 0) is 42.9 Å². The molecule has 1 aromatic heterocycles. The van der Waals surface area contributed by atoms with E-state index in [2.05, 4.69) is 22.9 Å². The Labute approximate surface area is 145 Å². The molecule has 3 N–H and O–H groups in total. The lowest BCUT2D eigenvalue weighted by molar-refractivity contribution is 0.0945. The van der Waals surface area contributed by atoms with E-state index >= 15 is 0 Å². The standard InChI is InChI=1S/C17H19N3O3S/c1-2-3-10-18-15(21)12-7-4-5-8-13(12)19-17(24)20-16(22)14-9-6-11-23-14/h4-9,11H,2-3,10H2,1H3,(H,18,21)(H2,19,20,22,24). The van der Waals surface area contributed by atoms with Crippen molar-refractivity contribution in [3.8, 4) is 0 Å². The molecular formula is C17H19N3O3S. The van der Waals surface area contributed by atoms with Gasteiger partial charge in [-0.1, -0.05) is 25.5 Å². The van der Waals surface area contributed by atoms with Crippen LogP contribution < -0.4 is 16.0 Å². The van der Waals surface area contributed by atoms with Gasteiger partial charge in [-0.3, -0.25) is 14.9 Å². The topological polar surface area (TPSA) is 83.4 Å². The summed E-state index contributed by atoms with van der Waals surface area (Å²) in [5.74, 6) is -0.487. The van der Waals surface area contributed by atoms with Crippen LogP contribution in [0.5, 0.6) is 0 Å². The van der Waals surface area contributed by atoms with Gasteiger partial charge in [0.25, 0.3) is 11.8 Å². The number of furan rings is 1. The Balaban J connectivity index is 2.00. The molecule has 6 nitrogen and oxygen atoms in total. The number of hydrogen-bond donors (Lipinski definition) is 3. The quantitative estimate of drug-likeness (QED) is 0.554. The van der Waals surface area contributed by atoms with Crippen LogP contribution in [-0.4, -0.2) is 23.5 Å². The summed E-state index contributed by atoms with van der Waals surface area (Å²) in [6, 6.07) is 10.1. The Morgan fingerprint density at radius 3 is 2.62 bits per heavy atom. The van der Waals surface area contributed by atoms with E-state index in [9.17, 15) is 9.59 Å². The third-order valence-electron chi connectivity index (χ3n) is 3.21. The SMILES string of the molecule is CCCCNC(=O)c1ccccc1NC(=S)NC(=O)c1ccco1. The fourth-order valence-corrected chi connectivity index (χ4v) is 2.19. The molecule has 7 heteroatoms. The van der Waals surface area contributed by atoms with Gasteiger partial charge >= 0.3 is 0 Å². The van der Waals surface area contributed by atoms with Crippen molar-refractivity contribution < 1.29 is 14.0 Å². The second kappa shape index (κ2) is 8.83. The second-order valence-electron chi connectivity index (χ2n) is 5.04. The van der Waals surface area contributed by atoms with Crippen molar-refractivity contribution in [1.29, 1.82) is 0 Å². The van der Waals surface area contributed by atoms with Crippen molar-refractivity contribution in [2.45, 2.75) is 19.8 Å². The zero-order valence-corrected chi connectivity index (χ0v) is 14.1. The predicted molar refractivity (Wildman–Crippen MR) is 96.1 cm³/mol. The number of thiocarbonyl (C=S) groups is 1. The summed E-state index contributed by atoms with van der Waals surface area (Å²) >= 11 is 5.12. The lowest BCUT2D eigenvalue weighted by Crippen LogP contribution is -2.34. The summed E-state index contributed by atoms with van der Waals surface area (Å²) in [4.78, 5) is 24.1. The summed E-state index contributed by atoms with van der Waals surface area (Å²) in [7, 11) is 0. The fourth-order valence-electron chi connectivity index (χ4n) is 1.99. The monoisotopic (exact) mass is 345 g/mol. The Morgan fingerprint density at radius 2 is 1.92 bits per heavy atom. The van der Waals surface area contributed by atoms with Gasteiger partial charge < -0.3 is 15.1 Å². The van der Waals surface area contributed by atoms with E-state index in [-0.39, 0.29) is 16.8 Å². The number of amides is 2. The number of rotatable bonds is 6. The van der Waals surface area contributed by atoms with Gasteiger partial charge in [0.05, 0.1) is 17.5 Å². The summed E-state index contributed by atoms with van der Waals surface area (Å²) < 4.78 is 5.00. The van der Waals surface area contributed by atoms with Crippen LogP contribution in [0.15, 0.2) is 47.1 Å². The van der Waals surface area contributed by atoms with Crippen molar-refractivity contribution in [2.24, 2.45) is 0 Å². The van der Waals surface area contributed by atoms with Crippen molar-refractivity contribution >= 4 is 34.8 Å². The van der Waals surface area contributed by atoms with Crippen LogP contribution in [0.25, 0.3) is 0 Å². The van der Waals surface area contributed by atoms with Crippen LogP contribution in [-0.2, 0) is 0 Å². The highest BCUT2D eigenvalue weighted by molar-refractivity contribution is 7.80. The van der Waals surface area contributed by atoms with Crippen LogP contribution >= 0.6 is 12.2 Å². The molecule has 0 aliphatic rings. The zero-order valence-electron chi connectivity index (χ0n) is 13.3. The number of carbonyl (C=O) groups excluding carboxylic acids is 2. The molecule has 2 rings (SSSR count). The molecule has 2 amide bonds. The molecule has 0 bridgehead atoms. The molecular weight excluding hydrogens is 326 g/mol. The molecule has 1 heterocycles. The fraction of sp³-hybridized carbons (Fsp3) is 0.235. The summed E-state index contributed by atoms with van der Waals surface area (Å²) in [6.07, 6.45) is 3.32. The number of nitrogens with one attached hydrogen (secondary N) is 3. The number of anilines is 1. The first-order chi connectivity index (χ1) is 11.6. The number of benzene rings is 1. The van der Waals surface area contributed by atoms with Gasteiger partial charge in [-0.25, -0.2) is 0 Å². The Morgan fingerprint density at radius 1 is 1.12 bits per heavy atom. The molecule has 0 fully saturated rings.